The fraction of sp³-hybridized carbons (Fsp3) is 0.111. The summed E-state index contributed by atoms with van der Waals surface area (Å²) in [5.74, 6) is -0.224. The van der Waals surface area contributed by atoms with E-state index in [0.717, 1.165) is 5.56 Å². The van der Waals surface area contributed by atoms with Crippen molar-refractivity contribution in [1.82, 2.24) is 14.9 Å². The normalized spacial score (nSPS) is 10.1. The van der Waals surface area contributed by atoms with Crippen molar-refractivity contribution in [3.05, 3.63) is 48.3 Å². The number of hydrogen-bond acceptors (Lipinski definition) is 3. The number of rotatable bonds is 3. The molecule has 0 spiro atoms. The second-order valence-corrected chi connectivity index (χ2v) is 2.83. The number of hydrogen-bond donors (Lipinski definition) is 1. The number of aromatic nitrogens is 3. The summed E-state index contributed by atoms with van der Waals surface area (Å²) >= 11 is 0. The van der Waals surface area contributed by atoms with Gasteiger partial charge in [0.15, 0.2) is 0 Å². The molecule has 0 unspecified atom stereocenters. The van der Waals surface area contributed by atoms with E-state index in [2.05, 4.69) is 15.6 Å². The molecular formula is C9H9FN4. The molecule has 1 heterocycles. The van der Waals surface area contributed by atoms with Gasteiger partial charge < -0.3 is 5.43 Å². The number of nitrogens with one attached hydrogen (secondary N) is 1. The Balaban J connectivity index is 1.95. The summed E-state index contributed by atoms with van der Waals surface area (Å²) in [6.07, 6.45) is 3.12. The van der Waals surface area contributed by atoms with Gasteiger partial charge in [-0.25, -0.2) is 9.07 Å². The fourth-order valence-corrected chi connectivity index (χ4v) is 1.07. The van der Waals surface area contributed by atoms with Gasteiger partial charge in [0.25, 0.3) is 0 Å². The predicted molar refractivity (Wildman–Crippen MR) is 49.5 cm³/mol. The Labute approximate surface area is 80.4 Å². The van der Waals surface area contributed by atoms with Crippen molar-refractivity contribution in [2.24, 2.45) is 0 Å². The topological polar surface area (TPSA) is 42.7 Å². The minimum Gasteiger partial charge on any atom is -0.319 e. The summed E-state index contributed by atoms with van der Waals surface area (Å²) < 4.78 is 14.2. The van der Waals surface area contributed by atoms with Gasteiger partial charge in [-0.05, 0) is 17.7 Å². The highest BCUT2D eigenvalue weighted by molar-refractivity contribution is 5.16. The van der Waals surface area contributed by atoms with Crippen molar-refractivity contribution in [3.8, 4) is 0 Å². The molecule has 1 aromatic carbocycles. The molecular weight excluding hydrogens is 183 g/mol. The highest BCUT2D eigenvalue weighted by atomic mass is 19.1. The second-order valence-electron chi connectivity index (χ2n) is 2.83. The van der Waals surface area contributed by atoms with Crippen molar-refractivity contribution >= 4 is 0 Å². The zero-order chi connectivity index (χ0) is 9.80. The average Bonchev–Trinajstić information content (AvgIpc) is 2.70. The first-order valence-corrected chi connectivity index (χ1v) is 4.17. The van der Waals surface area contributed by atoms with Crippen molar-refractivity contribution in [3.63, 3.8) is 0 Å². The van der Waals surface area contributed by atoms with Crippen LogP contribution in [-0.4, -0.2) is 14.9 Å². The number of halogens is 1. The highest BCUT2D eigenvalue weighted by Crippen LogP contribution is 2.02. The Kier molecular flexibility index (Phi) is 2.40. The van der Waals surface area contributed by atoms with Crippen LogP contribution in [0.2, 0.25) is 0 Å². The van der Waals surface area contributed by atoms with Crippen LogP contribution in [0.5, 0.6) is 0 Å². The summed E-state index contributed by atoms with van der Waals surface area (Å²) in [4.78, 5) is 0. The first-order valence-electron chi connectivity index (χ1n) is 4.17. The molecule has 2 rings (SSSR count). The fourth-order valence-electron chi connectivity index (χ4n) is 1.07. The van der Waals surface area contributed by atoms with E-state index < -0.39 is 0 Å². The maximum absolute atomic E-state index is 12.6. The van der Waals surface area contributed by atoms with Crippen LogP contribution in [0.1, 0.15) is 5.56 Å². The van der Waals surface area contributed by atoms with Gasteiger partial charge in [-0.2, -0.15) is 0 Å². The maximum atomic E-state index is 12.6. The average molecular weight is 192 g/mol. The quantitative estimate of drug-likeness (QED) is 0.793. The lowest BCUT2D eigenvalue weighted by Gasteiger charge is -2.05. The van der Waals surface area contributed by atoms with Crippen LogP contribution >= 0.6 is 0 Å². The Morgan fingerprint density at radius 1 is 1.14 bits per heavy atom. The van der Waals surface area contributed by atoms with Crippen LogP contribution in [0.25, 0.3) is 0 Å². The van der Waals surface area contributed by atoms with Crippen molar-refractivity contribution < 1.29 is 4.39 Å². The van der Waals surface area contributed by atoms with Crippen molar-refractivity contribution in [2.45, 2.75) is 6.54 Å². The first-order chi connectivity index (χ1) is 6.84. The van der Waals surface area contributed by atoms with E-state index in [4.69, 9.17) is 0 Å². The number of benzene rings is 1. The van der Waals surface area contributed by atoms with Crippen molar-refractivity contribution in [1.29, 1.82) is 0 Å². The third kappa shape index (κ3) is 2.07. The van der Waals surface area contributed by atoms with Gasteiger partial charge in [0, 0.05) is 0 Å². The van der Waals surface area contributed by atoms with Crippen molar-refractivity contribution in [2.75, 3.05) is 5.43 Å². The van der Waals surface area contributed by atoms with Gasteiger partial charge in [-0.3, -0.25) is 0 Å². The molecule has 4 nitrogen and oxygen atoms in total. The molecule has 0 atom stereocenters. The van der Waals surface area contributed by atoms with Crippen LogP contribution < -0.4 is 5.43 Å². The number of nitrogens with zero attached hydrogens (tertiary/aromatic N) is 3. The standard InChI is InChI=1S/C9H9FN4/c10-9-3-1-8(2-4-9)5-13-14-6-11-12-7-14/h1-4,6-7,13H,5H2. The van der Waals surface area contributed by atoms with Gasteiger partial charge in [0.2, 0.25) is 0 Å². The SMILES string of the molecule is Fc1ccc(CNn2cnnc2)cc1. The predicted octanol–water partition coefficient (Wildman–Crippen LogP) is 1.16. The Hall–Kier alpha value is -1.91. The Morgan fingerprint density at radius 3 is 2.43 bits per heavy atom. The second kappa shape index (κ2) is 3.87. The van der Waals surface area contributed by atoms with Gasteiger partial charge in [0.1, 0.15) is 18.5 Å². The smallest absolute Gasteiger partial charge is 0.138 e. The molecule has 72 valence electrons. The van der Waals surface area contributed by atoms with Crippen LogP contribution in [0.15, 0.2) is 36.9 Å². The van der Waals surface area contributed by atoms with Crippen LogP contribution in [0, 0.1) is 5.82 Å². The summed E-state index contributed by atoms with van der Waals surface area (Å²) in [7, 11) is 0. The van der Waals surface area contributed by atoms with Crippen LogP contribution in [-0.2, 0) is 6.54 Å². The molecule has 0 aliphatic rings. The van der Waals surface area contributed by atoms with E-state index in [0.29, 0.717) is 6.54 Å². The van der Waals surface area contributed by atoms with Gasteiger partial charge >= 0.3 is 0 Å². The van der Waals surface area contributed by atoms with Crippen LogP contribution in [0.4, 0.5) is 4.39 Å². The Bertz CT molecular complexity index is 382. The summed E-state index contributed by atoms with van der Waals surface area (Å²) in [5.41, 5.74) is 4.03. The molecule has 5 heteroatoms. The summed E-state index contributed by atoms with van der Waals surface area (Å²) in [6.45, 7) is 0.609. The summed E-state index contributed by atoms with van der Waals surface area (Å²) in [6, 6.07) is 6.33. The van der Waals surface area contributed by atoms with Gasteiger partial charge in [0.05, 0.1) is 6.54 Å². The molecule has 0 aliphatic carbocycles. The lowest BCUT2D eigenvalue weighted by Crippen LogP contribution is -2.11. The third-order valence-corrected chi connectivity index (χ3v) is 1.80. The molecule has 1 N–H and O–H groups in total. The van der Waals surface area contributed by atoms with Gasteiger partial charge in [-0.1, -0.05) is 12.1 Å². The molecule has 0 fully saturated rings. The molecule has 0 saturated carbocycles. The van der Waals surface area contributed by atoms with E-state index >= 15 is 0 Å². The third-order valence-electron chi connectivity index (χ3n) is 1.80. The molecule has 14 heavy (non-hydrogen) atoms. The lowest BCUT2D eigenvalue weighted by atomic mass is 10.2. The largest absolute Gasteiger partial charge is 0.319 e. The Morgan fingerprint density at radius 2 is 1.79 bits per heavy atom. The van der Waals surface area contributed by atoms with Crippen LogP contribution in [0.3, 0.4) is 0 Å². The molecule has 0 bridgehead atoms. The minimum absolute atomic E-state index is 0.224. The molecule has 1 aromatic heterocycles. The van der Waals surface area contributed by atoms with E-state index in [1.807, 2.05) is 0 Å². The molecule has 2 aromatic rings. The highest BCUT2D eigenvalue weighted by Gasteiger charge is 1.93. The molecule has 0 amide bonds. The van der Waals surface area contributed by atoms with E-state index in [1.165, 1.54) is 12.1 Å². The first kappa shape index (κ1) is 8.68. The van der Waals surface area contributed by atoms with Gasteiger partial charge in [-0.15, -0.1) is 10.2 Å². The molecule has 0 radical (unpaired) electrons. The zero-order valence-corrected chi connectivity index (χ0v) is 7.39. The summed E-state index contributed by atoms with van der Waals surface area (Å²) in [5, 5.41) is 7.28. The lowest BCUT2D eigenvalue weighted by molar-refractivity contribution is 0.627. The minimum atomic E-state index is -0.224. The molecule has 0 saturated heterocycles. The molecule has 0 aliphatic heterocycles. The zero-order valence-electron chi connectivity index (χ0n) is 7.39. The van der Waals surface area contributed by atoms with E-state index in [-0.39, 0.29) is 5.82 Å². The monoisotopic (exact) mass is 192 g/mol. The maximum Gasteiger partial charge on any atom is 0.138 e. The van der Waals surface area contributed by atoms with E-state index in [1.54, 1.807) is 29.5 Å². The van der Waals surface area contributed by atoms with E-state index in [9.17, 15) is 4.39 Å².